The molecule has 0 saturated heterocycles. The van der Waals surface area contributed by atoms with Crippen molar-refractivity contribution in [3.05, 3.63) is 72.1 Å². The van der Waals surface area contributed by atoms with Gasteiger partial charge in [-0.05, 0) is 48.7 Å². The van der Waals surface area contributed by atoms with Gasteiger partial charge in [0.1, 0.15) is 12.4 Å². The molecule has 0 bridgehead atoms. The Balaban J connectivity index is 1.42. The number of rotatable bonds is 8. The number of carbonyl (C=O) groups excluding carboxylic acids is 2. The van der Waals surface area contributed by atoms with Crippen LogP contribution in [0.2, 0.25) is 0 Å². The van der Waals surface area contributed by atoms with Crippen LogP contribution in [0.4, 0.5) is 11.4 Å². The maximum Gasteiger partial charge on any atom is 0.253 e. The van der Waals surface area contributed by atoms with Crippen LogP contribution in [0.5, 0.6) is 0 Å². The molecule has 4 aromatic rings. The number of benzene rings is 2. The first-order chi connectivity index (χ1) is 18.0. The van der Waals surface area contributed by atoms with Gasteiger partial charge in [0.2, 0.25) is 5.91 Å². The standard InChI is InChI=1S/C28H30N6O3/c1-33-26-22(28(36)30-13-15-34-14-5-7-19-6-3-4-8-24(19)34)16-21(31-25(35)18-37-2)17-23(26)32-27(33)20-9-11-29-12-10-20/h3-4,6,8-12,16-17H,5,7,13-15,18H2,1-2H3,(H,30,36)(H,31,35). The quantitative estimate of drug-likeness (QED) is 0.386. The average Bonchev–Trinajstić information content (AvgIpc) is 3.25. The summed E-state index contributed by atoms with van der Waals surface area (Å²) in [6.45, 7) is 2.09. The third-order valence-corrected chi connectivity index (χ3v) is 6.59. The van der Waals surface area contributed by atoms with Crippen molar-refractivity contribution >= 4 is 34.2 Å². The molecule has 2 N–H and O–H groups in total. The first kappa shape index (κ1) is 24.5. The minimum Gasteiger partial charge on any atom is -0.375 e. The van der Waals surface area contributed by atoms with E-state index in [4.69, 9.17) is 9.72 Å². The number of aromatic nitrogens is 3. The Bertz CT molecular complexity index is 1430. The van der Waals surface area contributed by atoms with E-state index in [1.54, 1.807) is 24.5 Å². The van der Waals surface area contributed by atoms with Gasteiger partial charge in [-0.1, -0.05) is 18.2 Å². The van der Waals surface area contributed by atoms with Crippen LogP contribution in [0.25, 0.3) is 22.4 Å². The van der Waals surface area contributed by atoms with Crippen LogP contribution in [0.1, 0.15) is 22.3 Å². The third-order valence-electron chi connectivity index (χ3n) is 6.59. The highest BCUT2D eigenvalue weighted by Crippen LogP contribution is 2.29. The molecule has 9 heteroatoms. The zero-order valence-corrected chi connectivity index (χ0v) is 21.0. The number of amides is 2. The Morgan fingerprint density at radius 2 is 1.92 bits per heavy atom. The zero-order chi connectivity index (χ0) is 25.8. The summed E-state index contributed by atoms with van der Waals surface area (Å²) in [7, 11) is 3.35. The van der Waals surface area contributed by atoms with Crippen molar-refractivity contribution in [2.75, 3.05) is 43.6 Å². The van der Waals surface area contributed by atoms with E-state index in [0.717, 1.165) is 24.9 Å². The van der Waals surface area contributed by atoms with Gasteiger partial charge in [0.25, 0.3) is 5.91 Å². The highest BCUT2D eigenvalue weighted by atomic mass is 16.5. The van der Waals surface area contributed by atoms with Crippen LogP contribution in [0.15, 0.2) is 60.9 Å². The topological polar surface area (TPSA) is 101 Å². The SMILES string of the molecule is COCC(=O)Nc1cc(C(=O)NCCN2CCCc3ccccc32)c2c(c1)nc(-c1ccncc1)n2C. The van der Waals surface area contributed by atoms with E-state index >= 15 is 0 Å². The van der Waals surface area contributed by atoms with Crippen LogP contribution < -0.4 is 15.5 Å². The lowest BCUT2D eigenvalue weighted by Gasteiger charge is -2.31. The fourth-order valence-corrected chi connectivity index (χ4v) is 4.93. The predicted octanol–water partition coefficient (Wildman–Crippen LogP) is 3.40. The number of nitrogens with one attached hydrogen (secondary N) is 2. The number of imidazole rings is 1. The van der Waals surface area contributed by atoms with E-state index in [1.807, 2.05) is 23.7 Å². The lowest BCUT2D eigenvalue weighted by atomic mass is 10.0. The van der Waals surface area contributed by atoms with Crippen LogP contribution in [0.3, 0.4) is 0 Å². The molecule has 3 heterocycles. The molecule has 37 heavy (non-hydrogen) atoms. The Kier molecular flexibility index (Phi) is 7.14. The molecule has 1 aliphatic heterocycles. The lowest BCUT2D eigenvalue weighted by molar-refractivity contribution is -0.119. The monoisotopic (exact) mass is 498 g/mol. The molecule has 9 nitrogen and oxygen atoms in total. The van der Waals surface area contributed by atoms with E-state index in [9.17, 15) is 9.59 Å². The van der Waals surface area contributed by atoms with Crippen molar-refractivity contribution in [3.8, 4) is 11.4 Å². The first-order valence-corrected chi connectivity index (χ1v) is 12.4. The molecule has 0 unspecified atom stereocenters. The molecular formula is C28H30N6O3. The molecule has 2 aromatic carbocycles. The molecule has 0 aliphatic carbocycles. The molecule has 190 valence electrons. The number of hydrogen-bond donors (Lipinski definition) is 2. The molecule has 0 saturated carbocycles. The first-order valence-electron chi connectivity index (χ1n) is 12.4. The molecule has 0 fully saturated rings. The maximum atomic E-state index is 13.5. The van der Waals surface area contributed by atoms with Crippen molar-refractivity contribution < 1.29 is 14.3 Å². The lowest BCUT2D eigenvalue weighted by Crippen LogP contribution is -2.37. The van der Waals surface area contributed by atoms with Gasteiger partial charge >= 0.3 is 0 Å². The summed E-state index contributed by atoms with van der Waals surface area (Å²) in [6, 6.07) is 15.7. The molecule has 0 spiro atoms. The Labute approximate surface area is 215 Å². The van der Waals surface area contributed by atoms with E-state index in [0.29, 0.717) is 41.2 Å². The van der Waals surface area contributed by atoms with Crippen molar-refractivity contribution in [2.24, 2.45) is 7.05 Å². The second kappa shape index (κ2) is 10.8. The van der Waals surface area contributed by atoms with Gasteiger partial charge in [-0.15, -0.1) is 0 Å². The van der Waals surface area contributed by atoms with Gasteiger partial charge < -0.3 is 24.8 Å². The summed E-state index contributed by atoms with van der Waals surface area (Å²) in [4.78, 5) is 36.9. The fraction of sp³-hybridized carbons (Fsp3) is 0.286. The van der Waals surface area contributed by atoms with E-state index < -0.39 is 0 Å². The van der Waals surface area contributed by atoms with Gasteiger partial charge in [0.05, 0.1) is 16.6 Å². The highest BCUT2D eigenvalue weighted by molar-refractivity contribution is 6.08. The fourth-order valence-electron chi connectivity index (χ4n) is 4.93. The number of carbonyl (C=O) groups is 2. The van der Waals surface area contributed by atoms with Gasteiger partial charge in [-0.3, -0.25) is 14.6 Å². The summed E-state index contributed by atoms with van der Waals surface area (Å²) in [5.74, 6) is 0.182. The van der Waals surface area contributed by atoms with Crippen molar-refractivity contribution in [1.29, 1.82) is 0 Å². The second-order valence-electron chi connectivity index (χ2n) is 9.08. The number of nitrogens with zero attached hydrogens (tertiary/aromatic N) is 4. The number of fused-ring (bicyclic) bond motifs is 2. The number of ether oxygens (including phenoxy) is 1. The molecule has 0 radical (unpaired) electrons. The Hall–Kier alpha value is -4.24. The summed E-state index contributed by atoms with van der Waals surface area (Å²) in [6.07, 6.45) is 5.59. The summed E-state index contributed by atoms with van der Waals surface area (Å²) < 4.78 is 6.84. The van der Waals surface area contributed by atoms with Gasteiger partial charge in [0.15, 0.2) is 0 Å². The Morgan fingerprint density at radius 1 is 1.11 bits per heavy atom. The third kappa shape index (κ3) is 5.17. The number of hydrogen-bond acceptors (Lipinski definition) is 6. The molecule has 2 aromatic heterocycles. The minimum atomic E-state index is -0.303. The highest BCUT2D eigenvalue weighted by Gasteiger charge is 2.21. The van der Waals surface area contributed by atoms with Gasteiger partial charge in [0, 0.05) is 63.1 Å². The molecule has 2 amide bonds. The van der Waals surface area contributed by atoms with Crippen LogP contribution >= 0.6 is 0 Å². The summed E-state index contributed by atoms with van der Waals surface area (Å²) in [5.41, 5.74) is 5.70. The van der Waals surface area contributed by atoms with Crippen molar-refractivity contribution in [1.82, 2.24) is 19.9 Å². The Morgan fingerprint density at radius 3 is 2.73 bits per heavy atom. The smallest absolute Gasteiger partial charge is 0.253 e. The number of methoxy groups -OCH3 is 1. The van der Waals surface area contributed by atoms with E-state index in [1.165, 1.54) is 18.4 Å². The summed E-state index contributed by atoms with van der Waals surface area (Å²) >= 11 is 0. The average molecular weight is 499 g/mol. The van der Waals surface area contributed by atoms with Crippen molar-refractivity contribution in [2.45, 2.75) is 12.8 Å². The largest absolute Gasteiger partial charge is 0.375 e. The van der Waals surface area contributed by atoms with E-state index in [2.05, 4.69) is 44.8 Å². The van der Waals surface area contributed by atoms with Crippen LogP contribution in [-0.4, -0.2) is 59.7 Å². The van der Waals surface area contributed by atoms with Crippen LogP contribution in [0, 0.1) is 0 Å². The number of aryl methyl sites for hydroxylation is 2. The number of anilines is 2. The van der Waals surface area contributed by atoms with E-state index in [-0.39, 0.29) is 18.4 Å². The van der Waals surface area contributed by atoms with Crippen molar-refractivity contribution in [3.63, 3.8) is 0 Å². The minimum absolute atomic E-state index is 0.0820. The second-order valence-corrected chi connectivity index (χ2v) is 9.08. The van der Waals surface area contributed by atoms with Gasteiger partial charge in [-0.2, -0.15) is 0 Å². The molecule has 1 aliphatic rings. The zero-order valence-electron chi connectivity index (χ0n) is 21.0. The molecular weight excluding hydrogens is 468 g/mol. The summed E-state index contributed by atoms with van der Waals surface area (Å²) in [5, 5.41) is 5.89. The molecule has 5 rings (SSSR count). The van der Waals surface area contributed by atoms with Crippen LogP contribution in [-0.2, 0) is 23.0 Å². The predicted molar refractivity (Wildman–Crippen MR) is 144 cm³/mol. The number of pyridine rings is 1. The van der Waals surface area contributed by atoms with Gasteiger partial charge in [-0.25, -0.2) is 4.98 Å². The normalized spacial score (nSPS) is 12.9. The number of para-hydroxylation sites is 1. The molecule has 0 atom stereocenters. The maximum absolute atomic E-state index is 13.5.